The van der Waals surface area contributed by atoms with Crippen LogP contribution in [0.5, 0.6) is 0 Å². The number of rotatable bonds is 9. The smallest absolute Gasteiger partial charge is 0.226 e. The summed E-state index contributed by atoms with van der Waals surface area (Å²) >= 11 is 1.67. The van der Waals surface area contributed by atoms with Crippen molar-refractivity contribution in [3.63, 3.8) is 0 Å². The van der Waals surface area contributed by atoms with Gasteiger partial charge in [-0.05, 0) is 31.2 Å². The summed E-state index contributed by atoms with van der Waals surface area (Å²) in [6.07, 6.45) is 6.08. The van der Waals surface area contributed by atoms with Crippen molar-refractivity contribution < 1.29 is 0 Å². The van der Waals surface area contributed by atoms with Crippen LogP contribution in [0, 0.1) is 0 Å². The van der Waals surface area contributed by atoms with Crippen LogP contribution in [0.2, 0.25) is 0 Å². The quantitative estimate of drug-likeness (QED) is 0.647. The molecule has 2 rings (SSSR count). The van der Waals surface area contributed by atoms with Crippen LogP contribution in [-0.4, -0.2) is 22.6 Å². The number of anilines is 2. The summed E-state index contributed by atoms with van der Waals surface area (Å²) in [5, 5.41) is 10.1. The minimum Gasteiger partial charge on any atom is -0.367 e. The molecule has 1 atom stereocenters. The molecule has 0 bridgehead atoms. The molecule has 0 saturated carbocycles. The Hall–Kier alpha value is -1.36. The lowest BCUT2D eigenvalue weighted by molar-refractivity contribution is 0.614. The van der Waals surface area contributed by atoms with Crippen LogP contribution in [0.15, 0.2) is 11.4 Å². The van der Waals surface area contributed by atoms with Crippen molar-refractivity contribution in [2.45, 2.75) is 58.9 Å². The summed E-state index contributed by atoms with van der Waals surface area (Å²) in [5.74, 6) is 1.69. The van der Waals surface area contributed by atoms with Gasteiger partial charge in [0.15, 0.2) is 0 Å². The van der Waals surface area contributed by atoms with Gasteiger partial charge >= 0.3 is 0 Å². The summed E-state index contributed by atoms with van der Waals surface area (Å²) < 4.78 is 0. The Morgan fingerprint density at radius 1 is 1.19 bits per heavy atom. The zero-order chi connectivity index (χ0) is 15.1. The van der Waals surface area contributed by atoms with Crippen molar-refractivity contribution >= 4 is 33.3 Å². The molecule has 5 heteroatoms. The third kappa shape index (κ3) is 4.56. The average Bonchev–Trinajstić information content (AvgIpc) is 2.94. The van der Waals surface area contributed by atoms with Gasteiger partial charge in [0.1, 0.15) is 10.6 Å². The predicted octanol–water partition coefficient (Wildman–Crippen LogP) is 4.89. The second-order valence-electron chi connectivity index (χ2n) is 5.50. The second-order valence-corrected chi connectivity index (χ2v) is 6.40. The first-order valence-electron chi connectivity index (χ1n) is 8.00. The third-order valence-electron chi connectivity index (χ3n) is 3.48. The molecule has 0 radical (unpaired) electrons. The van der Waals surface area contributed by atoms with Gasteiger partial charge < -0.3 is 10.6 Å². The summed E-state index contributed by atoms with van der Waals surface area (Å²) in [6, 6.07) is 2.54. The van der Waals surface area contributed by atoms with Crippen molar-refractivity contribution in [2.75, 3.05) is 17.2 Å². The molecular weight excluding hydrogens is 280 g/mol. The van der Waals surface area contributed by atoms with Crippen LogP contribution < -0.4 is 10.6 Å². The van der Waals surface area contributed by atoms with E-state index in [0.29, 0.717) is 6.04 Å². The number of hydrogen-bond donors (Lipinski definition) is 2. The standard InChI is InChI=1S/C16H26N4S/c1-4-6-7-8-12(3)18-14-13-9-11-21-15(13)20-16(19-14)17-10-5-2/h9,11-12H,4-8,10H2,1-3H3,(H2,17,18,19,20). The molecule has 116 valence electrons. The van der Waals surface area contributed by atoms with Gasteiger partial charge in [-0.2, -0.15) is 4.98 Å². The first-order chi connectivity index (χ1) is 10.2. The van der Waals surface area contributed by atoms with Gasteiger partial charge in [0.2, 0.25) is 5.95 Å². The van der Waals surface area contributed by atoms with Crippen LogP contribution in [-0.2, 0) is 0 Å². The number of nitrogens with zero attached hydrogens (tertiary/aromatic N) is 2. The van der Waals surface area contributed by atoms with Gasteiger partial charge in [0.25, 0.3) is 0 Å². The van der Waals surface area contributed by atoms with Crippen LogP contribution in [0.3, 0.4) is 0 Å². The summed E-state index contributed by atoms with van der Waals surface area (Å²) in [7, 11) is 0. The highest BCUT2D eigenvalue weighted by molar-refractivity contribution is 7.16. The number of nitrogens with one attached hydrogen (secondary N) is 2. The van der Waals surface area contributed by atoms with Crippen molar-refractivity contribution in [1.82, 2.24) is 9.97 Å². The SMILES string of the molecule is CCCCCC(C)Nc1nc(NCCC)nc2sccc12. The zero-order valence-corrected chi connectivity index (χ0v) is 14.1. The van der Waals surface area contributed by atoms with Gasteiger partial charge in [-0.1, -0.05) is 33.1 Å². The molecule has 2 aromatic rings. The molecule has 0 aliphatic carbocycles. The molecule has 0 aromatic carbocycles. The largest absolute Gasteiger partial charge is 0.367 e. The monoisotopic (exact) mass is 306 g/mol. The molecular formula is C16H26N4S. The topological polar surface area (TPSA) is 49.8 Å². The summed E-state index contributed by atoms with van der Waals surface area (Å²) in [6.45, 7) is 7.52. The van der Waals surface area contributed by atoms with Crippen LogP contribution in [0.1, 0.15) is 52.9 Å². The van der Waals surface area contributed by atoms with E-state index in [0.717, 1.165) is 34.9 Å². The van der Waals surface area contributed by atoms with E-state index in [1.165, 1.54) is 25.7 Å². The molecule has 0 saturated heterocycles. The Morgan fingerprint density at radius 3 is 2.81 bits per heavy atom. The molecule has 2 aromatic heterocycles. The maximum atomic E-state index is 4.65. The molecule has 4 nitrogen and oxygen atoms in total. The number of fused-ring (bicyclic) bond motifs is 1. The minimum absolute atomic E-state index is 0.438. The van der Waals surface area contributed by atoms with E-state index in [-0.39, 0.29) is 0 Å². The van der Waals surface area contributed by atoms with E-state index < -0.39 is 0 Å². The number of aromatic nitrogens is 2. The molecule has 0 aliphatic rings. The first kappa shape index (κ1) is 16.0. The van der Waals surface area contributed by atoms with E-state index in [4.69, 9.17) is 0 Å². The summed E-state index contributed by atoms with van der Waals surface area (Å²) in [5.41, 5.74) is 0. The molecule has 0 aliphatic heterocycles. The normalized spacial score (nSPS) is 12.5. The van der Waals surface area contributed by atoms with E-state index in [1.54, 1.807) is 11.3 Å². The highest BCUT2D eigenvalue weighted by atomic mass is 32.1. The third-order valence-corrected chi connectivity index (χ3v) is 4.29. The van der Waals surface area contributed by atoms with Gasteiger partial charge in [-0.25, -0.2) is 4.98 Å². The fourth-order valence-corrected chi connectivity index (χ4v) is 3.05. The Kier molecular flexibility index (Phi) is 6.23. The van der Waals surface area contributed by atoms with Crippen molar-refractivity contribution in [3.05, 3.63) is 11.4 Å². The fourth-order valence-electron chi connectivity index (χ4n) is 2.29. The summed E-state index contributed by atoms with van der Waals surface area (Å²) in [4.78, 5) is 10.3. The maximum Gasteiger partial charge on any atom is 0.226 e. The predicted molar refractivity (Wildman–Crippen MR) is 93.4 cm³/mol. The highest BCUT2D eigenvalue weighted by Crippen LogP contribution is 2.27. The lowest BCUT2D eigenvalue weighted by Gasteiger charge is -2.16. The van der Waals surface area contributed by atoms with Crippen LogP contribution in [0.4, 0.5) is 11.8 Å². The van der Waals surface area contributed by atoms with E-state index in [2.05, 4.69) is 52.8 Å². The van der Waals surface area contributed by atoms with Gasteiger partial charge in [0.05, 0.1) is 5.39 Å². The Balaban J connectivity index is 2.10. The molecule has 2 heterocycles. The molecule has 0 amide bonds. The van der Waals surface area contributed by atoms with E-state index >= 15 is 0 Å². The number of thiophene rings is 1. The van der Waals surface area contributed by atoms with Crippen LogP contribution in [0.25, 0.3) is 10.2 Å². The number of hydrogen-bond acceptors (Lipinski definition) is 5. The Morgan fingerprint density at radius 2 is 2.05 bits per heavy atom. The van der Waals surface area contributed by atoms with Crippen molar-refractivity contribution in [1.29, 1.82) is 0 Å². The molecule has 0 fully saturated rings. The van der Waals surface area contributed by atoms with E-state index in [1.807, 2.05) is 0 Å². The Labute approximate surface area is 131 Å². The molecule has 0 spiro atoms. The fraction of sp³-hybridized carbons (Fsp3) is 0.625. The zero-order valence-electron chi connectivity index (χ0n) is 13.3. The number of unbranched alkanes of at least 4 members (excludes halogenated alkanes) is 2. The highest BCUT2D eigenvalue weighted by Gasteiger charge is 2.11. The molecule has 1 unspecified atom stereocenters. The lowest BCUT2D eigenvalue weighted by Crippen LogP contribution is -2.17. The lowest BCUT2D eigenvalue weighted by atomic mass is 10.1. The van der Waals surface area contributed by atoms with Crippen molar-refractivity contribution in [2.24, 2.45) is 0 Å². The van der Waals surface area contributed by atoms with Gasteiger partial charge in [-0.15, -0.1) is 11.3 Å². The van der Waals surface area contributed by atoms with Gasteiger partial charge in [-0.3, -0.25) is 0 Å². The molecule has 21 heavy (non-hydrogen) atoms. The van der Waals surface area contributed by atoms with E-state index in [9.17, 15) is 0 Å². The average molecular weight is 306 g/mol. The van der Waals surface area contributed by atoms with Crippen molar-refractivity contribution in [3.8, 4) is 0 Å². The maximum absolute atomic E-state index is 4.65. The molecule has 2 N–H and O–H groups in total. The van der Waals surface area contributed by atoms with Crippen LogP contribution >= 0.6 is 11.3 Å². The Bertz CT molecular complexity index is 552. The first-order valence-corrected chi connectivity index (χ1v) is 8.88. The second kappa shape index (κ2) is 8.17. The minimum atomic E-state index is 0.438. The van der Waals surface area contributed by atoms with Gasteiger partial charge in [0, 0.05) is 12.6 Å².